The third kappa shape index (κ3) is 7.13. The number of thiazole rings is 1. The van der Waals surface area contributed by atoms with Crippen LogP contribution in [0.2, 0.25) is 0 Å². The molecular formula is C16H17N5O4S3. The summed E-state index contributed by atoms with van der Waals surface area (Å²) in [6.07, 6.45) is 1.59. The van der Waals surface area contributed by atoms with Gasteiger partial charge < -0.3 is 15.4 Å². The summed E-state index contributed by atoms with van der Waals surface area (Å²) in [6.45, 7) is 0. The van der Waals surface area contributed by atoms with Gasteiger partial charge >= 0.3 is 5.97 Å². The highest BCUT2D eigenvalue weighted by Crippen LogP contribution is 2.15. The highest BCUT2D eigenvalue weighted by molar-refractivity contribution is 8.00. The molecular weight excluding hydrogens is 422 g/mol. The van der Waals surface area contributed by atoms with Crippen LogP contribution in [0.3, 0.4) is 0 Å². The molecule has 1 aromatic heterocycles. The normalized spacial score (nSPS) is 9.89. The van der Waals surface area contributed by atoms with Crippen molar-refractivity contribution in [2.24, 2.45) is 0 Å². The third-order valence-corrected chi connectivity index (χ3v) is 4.87. The van der Waals surface area contributed by atoms with Gasteiger partial charge in [-0.25, -0.2) is 9.78 Å². The van der Waals surface area contributed by atoms with Crippen LogP contribution in [0.4, 0.5) is 10.8 Å². The number of nitrogens with zero attached hydrogens (tertiary/aromatic N) is 1. The number of amides is 2. The highest BCUT2D eigenvalue weighted by Gasteiger charge is 2.12. The first-order valence-corrected chi connectivity index (χ1v) is 10.2. The summed E-state index contributed by atoms with van der Waals surface area (Å²) in [5.41, 5.74) is 5.70. The molecule has 0 bridgehead atoms. The van der Waals surface area contributed by atoms with E-state index in [1.165, 1.54) is 18.4 Å². The van der Waals surface area contributed by atoms with Crippen LogP contribution in [0.25, 0.3) is 0 Å². The Labute approximate surface area is 174 Å². The number of carbonyl (C=O) groups is 3. The number of hydrogen-bond acceptors (Lipinski definition) is 8. The SMILES string of the molecule is COC(=O)c1ccccc1NC(=S)NNC(=O)CSCC(=O)Nc1nccs1. The van der Waals surface area contributed by atoms with E-state index < -0.39 is 5.97 Å². The minimum absolute atomic E-state index is 0.0552. The number of carbonyl (C=O) groups excluding carboxylic acids is 3. The maximum Gasteiger partial charge on any atom is 0.339 e. The van der Waals surface area contributed by atoms with Gasteiger partial charge in [-0.1, -0.05) is 12.1 Å². The van der Waals surface area contributed by atoms with Gasteiger partial charge in [0.2, 0.25) is 11.8 Å². The average molecular weight is 440 g/mol. The number of thioether (sulfide) groups is 1. The van der Waals surface area contributed by atoms with Crippen LogP contribution in [0.5, 0.6) is 0 Å². The molecule has 0 saturated heterocycles. The number of nitrogens with one attached hydrogen (secondary N) is 4. The van der Waals surface area contributed by atoms with E-state index in [1.54, 1.807) is 35.8 Å². The number of benzene rings is 1. The van der Waals surface area contributed by atoms with E-state index >= 15 is 0 Å². The number of hydrazine groups is 1. The molecule has 0 unspecified atom stereocenters. The van der Waals surface area contributed by atoms with E-state index in [0.29, 0.717) is 16.4 Å². The van der Waals surface area contributed by atoms with Gasteiger partial charge in [0, 0.05) is 11.6 Å². The molecule has 148 valence electrons. The summed E-state index contributed by atoms with van der Waals surface area (Å²) in [5.74, 6) is -0.945. The Balaban J connectivity index is 1.69. The number of hydrogen-bond donors (Lipinski definition) is 4. The predicted molar refractivity (Wildman–Crippen MR) is 113 cm³/mol. The molecule has 4 N–H and O–H groups in total. The number of esters is 1. The van der Waals surface area contributed by atoms with E-state index in [2.05, 4.69) is 26.5 Å². The van der Waals surface area contributed by atoms with Crippen LogP contribution in [0.15, 0.2) is 35.8 Å². The largest absolute Gasteiger partial charge is 0.465 e. The highest BCUT2D eigenvalue weighted by atomic mass is 32.2. The zero-order valence-electron chi connectivity index (χ0n) is 14.7. The zero-order chi connectivity index (χ0) is 20.4. The summed E-state index contributed by atoms with van der Waals surface area (Å²) >= 11 is 7.55. The fraction of sp³-hybridized carbons (Fsp3) is 0.188. The molecule has 2 amide bonds. The van der Waals surface area contributed by atoms with E-state index in [9.17, 15) is 14.4 Å². The molecule has 0 aliphatic rings. The molecule has 1 heterocycles. The second-order valence-corrected chi connectivity index (χ2v) is 7.33. The van der Waals surface area contributed by atoms with Crippen LogP contribution in [0.1, 0.15) is 10.4 Å². The number of methoxy groups -OCH3 is 1. The lowest BCUT2D eigenvalue weighted by atomic mass is 10.2. The minimum atomic E-state index is -0.512. The molecule has 2 aromatic rings. The summed E-state index contributed by atoms with van der Waals surface area (Å²) < 4.78 is 4.70. The minimum Gasteiger partial charge on any atom is -0.465 e. The van der Waals surface area contributed by atoms with Crippen LogP contribution in [0, 0.1) is 0 Å². The smallest absolute Gasteiger partial charge is 0.339 e. The fourth-order valence-corrected chi connectivity index (χ4v) is 3.20. The molecule has 0 aliphatic heterocycles. The van der Waals surface area contributed by atoms with Crippen LogP contribution >= 0.6 is 35.3 Å². The monoisotopic (exact) mass is 439 g/mol. The van der Waals surface area contributed by atoms with Crippen LogP contribution in [-0.4, -0.2) is 46.5 Å². The Morgan fingerprint density at radius 1 is 1.14 bits per heavy atom. The van der Waals surface area contributed by atoms with Crippen molar-refractivity contribution in [2.75, 3.05) is 29.2 Å². The van der Waals surface area contributed by atoms with Crippen molar-refractivity contribution >= 4 is 69.0 Å². The first-order chi connectivity index (χ1) is 13.5. The third-order valence-electron chi connectivity index (χ3n) is 3.04. The lowest BCUT2D eigenvalue weighted by molar-refractivity contribution is -0.119. The quantitative estimate of drug-likeness (QED) is 0.290. The van der Waals surface area contributed by atoms with Crippen molar-refractivity contribution in [3.8, 4) is 0 Å². The Bertz CT molecular complexity index is 845. The van der Waals surface area contributed by atoms with Crippen LogP contribution < -0.4 is 21.5 Å². The van der Waals surface area contributed by atoms with E-state index in [4.69, 9.17) is 17.0 Å². The van der Waals surface area contributed by atoms with Gasteiger partial charge in [0.25, 0.3) is 0 Å². The Morgan fingerprint density at radius 2 is 1.89 bits per heavy atom. The number of anilines is 2. The topological polar surface area (TPSA) is 121 Å². The summed E-state index contributed by atoms with van der Waals surface area (Å²) in [7, 11) is 1.28. The number of aromatic nitrogens is 1. The summed E-state index contributed by atoms with van der Waals surface area (Å²) in [6, 6.07) is 6.66. The second-order valence-electron chi connectivity index (χ2n) is 5.04. The van der Waals surface area contributed by atoms with Crippen molar-refractivity contribution < 1.29 is 19.1 Å². The molecule has 0 saturated carbocycles. The molecule has 1 aromatic carbocycles. The molecule has 0 aliphatic carbocycles. The molecule has 0 radical (unpaired) electrons. The number of ether oxygens (including phenoxy) is 1. The van der Waals surface area contributed by atoms with Crippen molar-refractivity contribution in [1.82, 2.24) is 15.8 Å². The first kappa shape index (κ1) is 21.6. The number of para-hydroxylation sites is 1. The lowest BCUT2D eigenvalue weighted by Gasteiger charge is -2.13. The lowest BCUT2D eigenvalue weighted by Crippen LogP contribution is -2.44. The zero-order valence-corrected chi connectivity index (χ0v) is 17.1. The molecule has 2 rings (SSSR count). The van der Waals surface area contributed by atoms with Gasteiger partial charge in [0.05, 0.1) is 29.9 Å². The Hall–Kier alpha value is -2.70. The van der Waals surface area contributed by atoms with Crippen molar-refractivity contribution in [2.45, 2.75) is 0 Å². The molecule has 9 nitrogen and oxygen atoms in total. The average Bonchev–Trinajstić information content (AvgIpc) is 3.19. The summed E-state index contributed by atoms with van der Waals surface area (Å²) in [4.78, 5) is 39.2. The first-order valence-electron chi connectivity index (χ1n) is 7.80. The molecule has 12 heteroatoms. The van der Waals surface area contributed by atoms with E-state index in [1.807, 2.05) is 0 Å². The standard InChI is InChI=1S/C16H17N5O4S3/c1-25-14(24)10-4-2-3-5-11(10)18-15(26)21-20-13(23)9-27-8-12(22)19-16-17-6-7-28-16/h2-7H,8-9H2,1H3,(H,20,23)(H,17,19,22)(H2,18,21,26). The van der Waals surface area contributed by atoms with E-state index in [0.717, 1.165) is 11.8 Å². The van der Waals surface area contributed by atoms with Gasteiger partial charge in [-0.05, 0) is 24.4 Å². The van der Waals surface area contributed by atoms with Gasteiger partial charge in [-0.15, -0.1) is 23.1 Å². The van der Waals surface area contributed by atoms with Gasteiger partial charge in [-0.3, -0.25) is 20.4 Å². The maximum absolute atomic E-state index is 11.8. The fourth-order valence-electron chi connectivity index (χ4n) is 1.87. The van der Waals surface area contributed by atoms with Crippen molar-refractivity contribution in [1.29, 1.82) is 0 Å². The predicted octanol–water partition coefficient (Wildman–Crippen LogP) is 1.62. The van der Waals surface area contributed by atoms with Crippen molar-refractivity contribution in [3.05, 3.63) is 41.4 Å². The van der Waals surface area contributed by atoms with Crippen molar-refractivity contribution in [3.63, 3.8) is 0 Å². The van der Waals surface area contributed by atoms with E-state index in [-0.39, 0.29) is 28.4 Å². The van der Waals surface area contributed by atoms with Gasteiger partial charge in [0.1, 0.15) is 0 Å². The van der Waals surface area contributed by atoms with Crippen LogP contribution in [-0.2, 0) is 14.3 Å². The molecule has 0 spiro atoms. The molecule has 0 fully saturated rings. The molecule has 28 heavy (non-hydrogen) atoms. The molecule has 0 atom stereocenters. The van der Waals surface area contributed by atoms with Gasteiger partial charge in [0.15, 0.2) is 10.2 Å². The Morgan fingerprint density at radius 3 is 2.61 bits per heavy atom. The Kier molecular flexibility index (Phi) is 8.65. The second kappa shape index (κ2) is 11.2. The number of thiocarbonyl (C=S) groups is 1. The maximum atomic E-state index is 11.8. The van der Waals surface area contributed by atoms with Gasteiger partial charge in [-0.2, -0.15) is 0 Å². The number of rotatable bonds is 7. The summed E-state index contributed by atoms with van der Waals surface area (Å²) in [5, 5.41) is 7.79.